The molecule has 0 radical (unpaired) electrons. The van der Waals surface area contributed by atoms with Crippen molar-refractivity contribution >= 4 is 9.24 Å². The van der Waals surface area contributed by atoms with Crippen LogP contribution < -0.4 is 0 Å². The minimum absolute atomic E-state index is 0.625. The molecule has 1 aliphatic carbocycles. The van der Waals surface area contributed by atoms with Crippen LogP contribution in [-0.4, -0.2) is 0 Å². The quantitative estimate of drug-likeness (QED) is 0.378. The first-order valence-corrected chi connectivity index (χ1v) is 8.30. The molecule has 0 aromatic heterocycles. The van der Waals surface area contributed by atoms with E-state index in [1.54, 1.807) is 0 Å². The summed E-state index contributed by atoms with van der Waals surface area (Å²) in [5.41, 5.74) is 5.22. The van der Waals surface area contributed by atoms with Gasteiger partial charge in [0.1, 0.15) is 0 Å². The molecule has 0 nitrogen and oxygen atoms in total. The molecule has 0 N–H and O–H groups in total. The van der Waals surface area contributed by atoms with Gasteiger partial charge < -0.3 is 0 Å². The van der Waals surface area contributed by atoms with Gasteiger partial charge in [0.05, 0.1) is 0 Å². The fourth-order valence-corrected chi connectivity index (χ4v) is 3.25. The lowest BCUT2D eigenvalue weighted by Crippen LogP contribution is -2.07. The molecule has 0 aliphatic heterocycles. The van der Waals surface area contributed by atoms with Crippen molar-refractivity contribution in [2.75, 3.05) is 0 Å². The van der Waals surface area contributed by atoms with Gasteiger partial charge in [-0.1, -0.05) is 57.7 Å². The molecule has 0 saturated heterocycles. The number of rotatable bonds is 7. The highest BCUT2D eigenvalue weighted by Crippen LogP contribution is 2.39. The molecule has 2 atom stereocenters. The highest BCUT2D eigenvalue weighted by molar-refractivity contribution is 7.23. The van der Waals surface area contributed by atoms with Gasteiger partial charge in [-0.3, -0.25) is 0 Å². The minimum Gasteiger partial charge on any atom is -0.105 e. The lowest BCUT2D eigenvalue weighted by Gasteiger charge is -2.25. The number of allylic oxidation sites excluding steroid dienone is 8. The Hall–Kier alpha value is -0.870. The maximum absolute atomic E-state index is 4.27. The Morgan fingerprint density at radius 1 is 1.40 bits per heavy atom. The molecule has 2 unspecified atom stereocenters. The topological polar surface area (TPSA) is 0 Å². The highest BCUT2D eigenvalue weighted by atomic mass is 31.0. The van der Waals surface area contributed by atoms with Gasteiger partial charge in [0.25, 0.3) is 0 Å². The van der Waals surface area contributed by atoms with Crippen molar-refractivity contribution in [1.29, 1.82) is 0 Å². The smallest absolute Gasteiger partial charge is 0.00607 e. The molecular formula is C19H29P. The van der Waals surface area contributed by atoms with Gasteiger partial charge in [0, 0.05) is 0 Å². The van der Waals surface area contributed by atoms with Crippen LogP contribution in [0.1, 0.15) is 52.9 Å². The Morgan fingerprint density at radius 2 is 2.10 bits per heavy atom. The van der Waals surface area contributed by atoms with Crippen molar-refractivity contribution in [2.45, 2.75) is 52.9 Å². The molecule has 0 aromatic carbocycles. The van der Waals surface area contributed by atoms with E-state index in [9.17, 15) is 0 Å². The number of hydrogen-bond donors (Lipinski definition) is 0. The van der Waals surface area contributed by atoms with Crippen molar-refractivity contribution in [3.8, 4) is 0 Å². The van der Waals surface area contributed by atoms with Crippen LogP contribution >= 0.6 is 9.24 Å². The van der Waals surface area contributed by atoms with Crippen LogP contribution in [0, 0.1) is 5.92 Å². The number of hydrogen-bond acceptors (Lipinski definition) is 0. The summed E-state index contributed by atoms with van der Waals surface area (Å²) in [6.45, 7) is 15.1. The van der Waals surface area contributed by atoms with E-state index in [0.717, 1.165) is 19.3 Å². The molecular weight excluding hydrogens is 259 g/mol. The summed E-state index contributed by atoms with van der Waals surface area (Å²) in [5, 5.41) is 1.26. The van der Waals surface area contributed by atoms with E-state index in [1.165, 1.54) is 40.4 Å². The Morgan fingerprint density at radius 3 is 2.65 bits per heavy atom. The monoisotopic (exact) mass is 288 g/mol. The van der Waals surface area contributed by atoms with Crippen LogP contribution in [0.25, 0.3) is 0 Å². The van der Waals surface area contributed by atoms with Crippen molar-refractivity contribution in [3.05, 3.63) is 59.0 Å². The van der Waals surface area contributed by atoms with Crippen LogP contribution in [0.4, 0.5) is 0 Å². The fourth-order valence-electron chi connectivity index (χ4n) is 2.63. The summed E-state index contributed by atoms with van der Waals surface area (Å²) in [4.78, 5) is 0. The van der Waals surface area contributed by atoms with Crippen molar-refractivity contribution in [1.82, 2.24) is 0 Å². The van der Waals surface area contributed by atoms with E-state index >= 15 is 0 Å². The molecule has 1 heteroatoms. The van der Waals surface area contributed by atoms with Crippen LogP contribution in [0.3, 0.4) is 0 Å². The standard InChI is InChI=1S/C19H29P/c1-6-8-9-10-11-15(4)17-12-16(5)19(14(3)7-2)18(20)13-17/h8-9,13,15H,3,5-7,10-12,20H2,1-2,4H3/b9-8+. The zero-order valence-electron chi connectivity index (χ0n) is 13.3. The Bertz CT molecular complexity index is 460. The molecule has 0 saturated carbocycles. The first-order valence-electron chi connectivity index (χ1n) is 7.72. The second kappa shape index (κ2) is 8.42. The van der Waals surface area contributed by atoms with Gasteiger partial charge in [-0.05, 0) is 60.1 Å². The van der Waals surface area contributed by atoms with E-state index in [0.29, 0.717) is 5.92 Å². The van der Waals surface area contributed by atoms with Gasteiger partial charge >= 0.3 is 0 Å². The Kier molecular flexibility index (Phi) is 7.24. The summed E-state index contributed by atoms with van der Waals surface area (Å²) in [6, 6.07) is 0. The molecule has 1 rings (SSSR count). The van der Waals surface area contributed by atoms with E-state index in [2.05, 4.69) is 61.4 Å². The largest absolute Gasteiger partial charge is 0.105 e. The SMILES string of the molecule is C=C(CC)C1=C(P)C=C(C(C)CC/C=C/CC)CC1=C. The van der Waals surface area contributed by atoms with Crippen molar-refractivity contribution in [3.63, 3.8) is 0 Å². The molecule has 0 heterocycles. The third-order valence-electron chi connectivity index (χ3n) is 3.98. The summed E-state index contributed by atoms with van der Waals surface area (Å²) >= 11 is 0. The predicted octanol–water partition coefficient (Wildman–Crippen LogP) is 6.35. The molecule has 0 spiro atoms. The lowest BCUT2D eigenvalue weighted by atomic mass is 9.83. The molecule has 110 valence electrons. The predicted molar refractivity (Wildman–Crippen MR) is 95.8 cm³/mol. The highest BCUT2D eigenvalue weighted by Gasteiger charge is 2.19. The van der Waals surface area contributed by atoms with Crippen molar-refractivity contribution in [2.24, 2.45) is 5.92 Å². The molecule has 0 bridgehead atoms. The molecule has 20 heavy (non-hydrogen) atoms. The summed E-state index contributed by atoms with van der Waals surface area (Å²) in [5.74, 6) is 0.625. The Labute approximate surface area is 127 Å². The summed E-state index contributed by atoms with van der Waals surface area (Å²) in [6.07, 6.45) is 12.4. The van der Waals surface area contributed by atoms with Crippen LogP contribution in [0.15, 0.2) is 59.0 Å². The molecule has 0 amide bonds. The molecule has 0 aromatic rings. The van der Waals surface area contributed by atoms with E-state index < -0.39 is 0 Å². The Balaban J connectivity index is 2.78. The van der Waals surface area contributed by atoms with Gasteiger partial charge in [0.2, 0.25) is 0 Å². The van der Waals surface area contributed by atoms with Gasteiger partial charge in [0.15, 0.2) is 0 Å². The summed E-state index contributed by atoms with van der Waals surface area (Å²) in [7, 11) is 2.87. The second-order valence-electron chi connectivity index (χ2n) is 5.65. The van der Waals surface area contributed by atoms with Crippen LogP contribution in [-0.2, 0) is 0 Å². The molecule has 1 aliphatic rings. The summed E-state index contributed by atoms with van der Waals surface area (Å²) < 4.78 is 0. The van der Waals surface area contributed by atoms with Gasteiger partial charge in [-0.15, -0.1) is 9.24 Å². The van der Waals surface area contributed by atoms with Gasteiger partial charge in [-0.25, -0.2) is 0 Å². The normalized spacial score (nSPS) is 17.6. The van der Waals surface area contributed by atoms with Crippen molar-refractivity contribution < 1.29 is 0 Å². The second-order valence-corrected chi connectivity index (χ2v) is 6.27. The van der Waals surface area contributed by atoms with Gasteiger partial charge in [-0.2, -0.15) is 0 Å². The average Bonchev–Trinajstić information content (AvgIpc) is 2.42. The fraction of sp³-hybridized carbons (Fsp3) is 0.474. The maximum Gasteiger partial charge on any atom is -0.00607 e. The molecule has 0 fully saturated rings. The van der Waals surface area contributed by atoms with E-state index in [1.807, 2.05) is 0 Å². The third kappa shape index (κ3) is 4.60. The minimum atomic E-state index is 0.625. The first-order chi connectivity index (χ1) is 9.51. The first kappa shape index (κ1) is 17.2. The maximum atomic E-state index is 4.27. The van der Waals surface area contributed by atoms with Crippen LogP contribution in [0.5, 0.6) is 0 Å². The van der Waals surface area contributed by atoms with Crippen LogP contribution in [0.2, 0.25) is 0 Å². The zero-order valence-corrected chi connectivity index (χ0v) is 14.5. The van der Waals surface area contributed by atoms with E-state index in [4.69, 9.17) is 0 Å². The van der Waals surface area contributed by atoms with E-state index in [-0.39, 0.29) is 0 Å². The third-order valence-corrected chi connectivity index (χ3v) is 4.44. The lowest BCUT2D eigenvalue weighted by molar-refractivity contribution is 0.605. The zero-order chi connectivity index (χ0) is 15.1. The average molecular weight is 288 g/mol.